The molecule has 2 aromatic carbocycles. The minimum Gasteiger partial charge on any atom is -0.493 e. The Morgan fingerprint density at radius 3 is 2.67 bits per heavy atom. The zero-order chi connectivity index (χ0) is 19.8. The summed E-state index contributed by atoms with van der Waals surface area (Å²) < 4.78 is 18.3. The molecule has 0 spiro atoms. The van der Waals surface area contributed by atoms with Crippen molar-refractivity contribution in [3.05, 3.63) is 58.4 Å². The van der Waals surface area contributed by atoms with E-state index in [0.717, 1.165) is 5.56 Å². The first kappa shape index (κ1) is 21.0. The smallest absolute Gasteiger partial charge is 0.255 e. The molecule has 0 radical (unpaired) electrons. The lowest BCUT2D eigenvalue weighted by Crippen LogP contribution is -2.38. The van der Waals surface area contributed by atoms with E-state index in [4.69, 9.17) is 22.1 Å². The van der Waals surface area contributed by atoms with Crippen molar-refractivity contribution >= 4 is 23.2 Å². The number of aliphatic hydroxyl groups is 1. The van der Waals surface area contributed by atoms with Gasteiger partial charge in [-0.2, -0.15) is 0 Å². The summed E-state index contributed by atoms with van der Waals surface area (Å²) in [6.07, 6.45) is -0.797. The lowest BCUT2D eigenvalue weighted by Gasteiger charge is -2.15. The Hall–Kier alpha value is -2.35. The number of nitrogens with one attached hydrogen (secondary N) is 2. The maximum Gasteiger partial charge on any atom is 0.255 e. The van der Waals surface area contributed by atoms with Crippen LogP contribution in [0.5, 0.6) is 5.75 Å². The number of anilines is 1. The molecule has 8 heteroatoms. The molecule has 0 aliphatic carbocycles. The summed E-state index contributed by atoms with van der Waals surface area (Å²) >= 11 is 5.99. The number of aliphatic hydroxyl groups excluding tert-OH is 1. The van der Waals surface area contributed by atoms with E-state index in [1.807, 2.05) is 0 Å². The fourth-order valence-corrected chi connectivity index (χ4v) is 2.55. The van der Waals surface area contributed by atoms with Crippen molar-refractivity contribution in [2.45, 2.75) is 19.6 Å². The van der Waals surface area contributed by atoms with Crippen LogP contribution < -0.4 is 21.1 Å². The summed E-state index contributed by atoms with van der Waals surface area (Å²) in [6.45, 7) is 2.95. The number of hydrogen-bond acceptors (Lipinski definition) is 5. The molecule has 146 valence electrons. The van der Waals surface area contributed by atoms with E-state index >= 15 is 0 Å². The second kappa shape index (κ2) is 10.1. The Bertz CT molecular complexity index is 772. The first-order chi connectivity index (χ1) is 12.9. The quantitative estimate of drug-likeness (QED) is 0.489. The van der Waals surface area contributed by atoms with Crippen LogP contribution in [0.25, 0.3) is 0 Å². The number of hydrogen-bond donors (Lipinski definition) is 4. The van der Waals surface area contributed by atoms with Crippen molar-refractivity contribution in [1.82, 2.24) is 10.6 Å². The molecule has 5 N–H and O–H groups in total. The summed E-state index contributed by atoms with van der Waals surface area (Å²) in [4.78, 5) is 12.4. The van der Waals surface area contributed by atoms with Crippen molar-refractivity contribution in [2.75, 3.05) is 25.4 Å². The van der Waals surface area contributed by atoms with Crippen LogP contribution >= 0.6 is 11.6 Å². The first-order valence-electron chi connectivity index (χ1n) is 8.54. The molecule has 1 atom stereocenters. The molecule has 0 fully saturated rings. The molecule has 0 unspecified atom stereocenters. The topological polar surface area (TPSA) is 96.6 Å². The number of halogens is 2. The minimum absolute atomic E-state index is 0.0445. The van der Waals surface area contributed by atoms with Crippen LogP contribution in [0.3, 0.4) is 0 Å². The highest BCUT2D eigenvalue weighted by Gasteiger charge is 2.16. The largest absolute Gasteiger partial charge is 0.493 e. The average molecular weight is 396 g/mol. The molecule has 0 aromatic heterocycles. The zero-order valence-corrected chi connectivity index (χ0v) is 15.7. The fraction of sp³-hybridized carbons (Fsp3) is 0.316. The number of nitrogen functional groups attached to an aromatic ring is 1. The van der Waals surface area contributed by atoms with Crippen LogP contribution in [-0.2, 0) is 6.54 Å². The van der Waals surface area contributed by atoms with Crippen molar-refractivity contribution in [3.8, 4) is 5.75 Å². The Morgan fingerprint density at radius 1 is 1.30 bits per heavy atom. The van der Waals surface area contributed by atoms with Crippen LogP contribution in [0.4, 0.5) is 10.1 Å². The highest BCUT2D eigenvalue weighted by molar-refractivity contribution is 6.33. The first-order valence-corrected chi connectivity index (χ1v) is 8.91. The Balaban J connectivity index is 1.84. The van der Waals surface area contributed by atoms with Gasteiger partial charge in [0.1, 0.15) is 11.6 Å². The van der Waals surface area contributed by atoms with Gasteiger partial charge < -0.3 is 26.2 Å². The average Bonchev–Trinajstić information content (AvgIpc) is 2.64. The van der Waals surface area contributed by atoms with Gasteiger partial charge in [-0.05, 0) is 30.7 Å². The van der Waals surface area contributed by atoms with Gasteiger partial charge in [0.15, 0.2) is 0 Å². The van der Waals surface area contributed by atoms with Crippen LogP contribution in [0.15, 0.2) is 36.4 Å². The molecule has 2 rings (SSSR count). The molecule has 0 saturated carbocycles. The van der Waals surface area contributed by atoms with Crippen molar-refractivity contribution in [2.24, 2.45) is 0 Å². The Labute approximate surface area is 162 Å². The number of carbonyl (C=O) groups excluding carboxylic acids is 1. The molecule has 0 aliphatic heterocycles. The third-order valence-corrected chi connectivity index (χ3v) is 4.09. The standard InChI is InChI=1S/C19H23ClFN3O3/c1-2-27-18-8-17(22)16(20)7-15(18)19(26)24-11-14(25)10-23-9-12-3-5-13(21)6-4-12/h3-8,14,23,25H,2,9-11,22H2,1H3,(H,24,26)/t14-/m1/s1. The highest BCUT2D eigenvalue weighted by atomic mass is 35.5. The molecule has 2 aromatic rings. The predicted octanol–water partition coefficient (Wildman–Crippen LogP) is 2.34. The van der Waals surface area contributed by atoms with Crippen molar-refractivity contribution in [3.63, 3.8) is 0 Å². The van der Waals surface area contributed by atoms with Gasteiger partial charge in [-0.3, -0.25) is 4.79 Å². The summed E-state index contributed by atoms with van der Waals surface area (Å²) in [5, 5.41) is 16.0. The summed E-state index contributed by atoms with van der Waals surface area (Å²) in [7, 11) is 0. The number of nitrogens with two attached hydrogens (primary N) is 1. The lowest BCUT2D eigenvalue weighted by atomic mass is 10.1. The third kappa shape index (κ3) is 6.39. The van der Waals surface area contributed by atoms with Gasteiger partial charge in [0, 0.05) is 25.7 Å². The number of carbonyl (C=O) groups is 1. The summed E-state index contributed by atoms with van der Waals surface area (Å²) in [6, 6.07) is 9.02. The number of amides is 1. The molecule has 27 heavy (non-hydrogen) atoms. The van der Waals surface area contributed by atoms with Gasteiger partial charge in [0.25, 0.3) is 5.91 Å². The molecule has 1 amide bonds. The second-order valence-corrected chi connectivity index (χ2v) is 6.33. The zero-order valence-electron chi connectivity index (χ0n) is 15.0. The van der Waals surface area contributed by atoms with Crippen LogP contribution in [-0.4, -0.2) is 36.8 Å². The van der Waals surface area contributed by atoms with E-state index < -0.39 is 12.0 Å². The van der Waals surface area contributed by atoms with Crippen molar-refractivity contribution < 1.29 is 19.0 Å². The lowest BCUT2D eigenvalue weighted by molar-refractivity contribution is 0.0911. The van der Waals surface area contributed by atoms with Gasteiger partial charge in [-0.1, -0.05) is 23.7 Å². The highest BCUT2D eigenvalue weighted by Crippen LogP contribution is 2.29. The van der Waals surface area contributed by atoms with Gasteiger partial charge in [0.2, 0.25) is 0 Å². The van der Waals surface area contributed by atoms with Crippen LogP contribution in [0.1, 0.15) is 22.8 Å². The van der Waals surface area contributed by atoms with E-state index in [0.29, 0.717) is 24.6 Å². The van der Waals surface area contributed by atoms with Gasteiger partial charge in [0.05, 0.1) is 29.0 Å². The SMILES string of the molecule is CCOc1cc(N)c(Cl)cc1C(=O)NC[C@H](O)CNCc1ccc(F)cc1. The molecule has 0 bridgehead atoms. The molecule has 0 saturated heterocycles. The van der Waals surface area contributed by atoms with Gasteiger partial charge >= 0.3 is 0 Å². The molecular weight excluding hydrogens is 373 g/mol. The van der Waals surface area contributed by atoms with E-state index in [9.17, 15) is 14.3 Å². The maximum absolute atomic E-state index is 12.9. The molecule has 0 aliphatic rings. The Kier molecular flexibility index (Phi) is 7.84. The summed E-state index contributed by atoms with van der Waals surface area (Å²) in [5.41, 5.74) is 7.21. The third-order valence-electron chi connectivity index (χ3n) is 3.76. The van der Waals surface area contributed by atoms with Crippen LogP contribution in [0.2, 0.25) is 5.02 Å². The molecule has 0 heterocycles. The molecule has 6 nitrogen and oxygen atoms in total. The van der Waals surface area contributed by atoms with Crippen LogP contribution in [0, 0.1) is 5.82 Å². The number of rotatable bonds is 9. The second-order valence-electron chi connectivity index (χ2n) is 5.92. The monoisotopic (exact) mass is 395 g/mol. The van der Waals surface area contributed by atoms with Gasteiger partial charge in [-0.25, -0.2) is 4.39 Å². The fourth-order valence-electron chi connectivity index (χ4n) is 2.38. The van der Waals surface area contributed by atoms with E-state index in [2.05, 4.69) is 10.6 Å². The van der Waals surface area contributed by atoms with E-state index in [-0.39, 0.29) is 29.5 Å². The molecular formula is C19H23ClFN3O3. The normalized spacial score (nSPS) is 11.9. The van der Waals surface area contributed by atoms with Gasteiger partial charge in [-0.15, -0.1) is 0 Å². The minimum atomic E-state index is -0.797. The predicted molar refractivity (Wildman–Crippen MR) is 103 cm³/mol. The number of ether oxygens (including phenoxy) is 1. The van der Waals surface area contributed by atoms with E-state index in [1.165, 1.54) is 24.3 Å². The summed E-state index contributed by atoms with van der Waals surface area (Å²) in [5.74, 6) is -0.380. The van der Waals surface area contributed by atoms with E-state index in [1.54, 1.807) is 19.1 Å². The Morgan fingerprint density at radius 2 is 2.00 bits per heavy atom. The maximum atomic E-state index is 12.9. The number of benzene rings is 2. The van der Waals surface area contributed by atoms with Crippen molar-refractivity contribution in [1.29, 1.82) is 0 Å².